The van der Waals surface area contributed by atoms with Crippen molar-refractivity contribution in [1.82, 2.24) is 5.32 Å². The second-order valence-electron chi connectivity index (χ2n) is 4.66. The summed E-state index contributed by atoms with van der Waals surface area (Å²) in [4.78, 5) is 24.3. The minimum atomic E-state index is -0.744. The molecule has 0 radical (unpaired) electrons. The second kappa shape index (κ2) is 7.40. The van der Waals surface area contributed by atoms with Gasteiger partial charge in [-0.25, -0.2) is 4.79 Å². The van der Waals surface area contributed by atoms with Crippen LogP contribution >= 0.6 is 11.3 Å². The van der Waals surface area contributed by atoms with Gasteiger partial charge in [0.05, 0.1) is 6.10 Å². The number of carbonyl (C=O) groups excluding carboxylic acids is 2. The van der Waals surface area contributed by atoms with Crippen molar-refractivity contribution < 1.29 is 19.1 Å². The summed E-state index contributed by atoms with van der Waals surface area (Å²) in [5.41, 5.74) is 0. The van der Waals surface area contributed by atoms with Crippen LogP contribution in [0.25, 0.3) is 0 Å². The lowest BCUT2D eigenvalue weighted by molar-refractivity contribution is -0.130. The van der Waals surface area contributed by atoms with Gasteiger partial charge in [-0.2, -0.15) is 0 Å². The van der Waals surface area contributed by atoms with Crippen molar-refractivity contribution in [2.75, 3.05) is 13.2 Å². The minimum Gasteiger partial charge on any atom is -0.448 e. The Hall–Kier alpha value is -1.40. The first kappa shape index (κ1) is 15.0. The Balaban J connectivity index is 1.80. The van der Waals surface area contributed by atoms with Crippen LogP contribution in [0.15, 0.2) is 17.5 Å². The van der Waals surface area contributed by atoms with Crippen molar-refractivity contribution >= 4 is 23.2 Å². The van der Waals surface area contributed by atoms with Crippen molar-refractivity contribution in [1.29, 1.82) is 0 Å². The third kappa shape index (κ3) is 4.05. The summed E-state index contributed by atoms with van der Waals surface area (Å²) < 4.78 is 10.7. The van der Waals surface area contributed by atoms with E-state index >= 15 is 0 Å². The normalized spacial score (nSPS) is 19.6. The monoisotopic (exact) mass is 297 g/mol. The maximum Gasteiger partial charge on any atom is 0.349 e. The zero-order chi connectivity index (χ0) is 14.4. The average Bonchev–Trinajstić information content (AvgIpc) is 3.13. The van der Waals surface area contributed by atoms with Gasteiger partial charge in [-0.1, -0.05) is 13.0 Å². The number of nitrogens with one attached hydrogen (secondary N) is 1. The van der Waals surface area contributed by atoms with E-state index in [0.29, 0.717) is 17.8 Å². The smallest absolute Gasteiger partial charge is 0.349 e. The highest BCUT2D eigenvalue weighted by molar-refractivity contribution is 7.11. The molecule has 6 heteroatoms. The number of rotatable bonds is 6. The Labute approximate surface area is 122 Å². The fourth-order valence-electron chi connectivity index (χ4n) is 2.04. The predicted molar refractivity (Wildman–Crippen MR) is 75.8 cm³/mol. The van der Waals surface area contributed by atoms with Gasteiger partial charge in [-0.15, -0.1) is 11.3 Å². The van der Waals surface area contributed by atoms with Crippen LogP contribution in [0.1, 0.15) is 35.9 Å². The summed E-state index contributed by atoms with van der Waals surface area (Å²) in [6.45, 7) is 3.05. The van der Waals surface area contributed by atoms with Crippen LogP contribution in [0.2, 0.25) is 0 Å². The first-order chi connectivity index (χ1) is 9.70. The largest absolute Gasteiger partial charge is 0.448 e. The van der Waals surface area contributed by atoms with Crippen molar-refractivity contribution in [3.05, 3.63) is 22.4 Å². The molecule has 1 aromatic heterocycles. The minimum absolute atomic E-state index is 0.0875. The quantitative estimate of drug-likeness (QED) is 0.815. The molecule has 1 aliphatic rings. The molecule has 0 aliphatic carbocycles. The molecule has 0 spiro atoms. The summed E-state index contributed by atoms with van der Waals surface area (Å²) in [5, 5.41) is 4.59. The average molecular weight is 297 g/mol. The Morgan fingerprint density at radius 3 is 3.05 bits per heavy atom. The second-order valence-corrected chi connectivity index (χ2v) is 5.61. The zero-order valence-corrected chi connectivity index (χ0v) is 12.3. The Kier molecular flexibility index (Phi) is 5.55. The van der Waals surface area contributed by atoms with E-state index in [9.17, 15) is 9.59 Å². The first-order valence-electron chi connectivity index (χ1n) is 6.84. The molecule has 2 heterocycles. The molecule has 1 amide bonds. The molecule has 1 aliphatic heterocycles. The molecule has 2 rings (SSSR count). The van der Waals surface area contributed by atoms with Gasteiger partial charge in [0.1, 0.15) is 4.88 Å². The molecule has 20 heavy (non-hydrogen) atoms. The van der Waals surface area contributed by atoms with Crippen molar-refractivity contribution in [3.8, 4) is 0 Å². The molecular weight excluding hydrogens is 278 g/mol. The molecule has 110 valence electrons. The number of thiophene rings is 1. The SMILES string of the molecule is CC[C@@H](OC(=O)c1cccs1)C(=O)NC[C@H]1CCCO1. The van der Waals surface area contributed by atoms with Gasteiger partial charge in [0.2, 0.25) is 0 Å². The Morgan fingerprint density at radius 2 is 2.45 bits per heavy atom. The van der Waals surface area contributed by atoms with Crippen LogP contribution < -0.4 is 5.32 Å². The number of hydrogen-bond acceptors (Lipinski definition) is 5. The lowest BCUT2D eigenvalue weighted by atomic mass is 10.2. The molecule has 1 saturated heterocycles. The van der Waals surface area contributed by atoms with E-state index in [-0.39, 0.29) is 12.0 Å². The molecule has 0 bridgehead atoms. The lowest BCUT2D eigenvalue weighted by Gasteiger charge is -2.17. The van der Waals surface area contributed by atoms with Gasteiger partial charge in [0.15, 0.2) is 6.10 Å². The summed E-state index contributed by atoms with van der Waals surface area (Å²) in [6.07, 6.45) is 1.79. The topological polar surface area (TPSA) is 64.6 Å². The number of carbonyl (C=O) groups is 2. The Bertz CT molecular complexity index is 440. The molecule has 0 unspecified atom stereocenters. The first-order valence-corrected chi connectivity index (χ1v) is 7.72. The fourth-order valence-corrected chi connectivity index (χ4v) is 2.64. The van der Waals surface area contributed by atoms with Crippen molar-refractivity contribution in [3.63, 3.8) is 0 Å². The summed E-state index contributed by atoms with van der Waals surface area (Å²) >= 11 is 1.30. The fraction of sp³-hybridized carbons (Fsp3) is 0.571. The van der Waals surface area contributed by atoms with E-state index in [1.54, 1.807) is 17.5 Å². The maximum atomic E-state index is 12.0. The van der Waals surface area contributed by atoms with Crippen molar-refractivity contribution in [2.45, 2.75) is 38.4 Å². The summed E-state index contributed by atoms with van der Waals surface area (Å²) in [7, 11) is 0. The molecule has 1 N–H and O–H groups in total. The predicted octanol–water partition coefficient (Wildman–Crippen LogP) is 1.98. The van der Waals surface area contributed by atoms with Crippen LogP contribution in [-0.4, -0.2) is 37.2 Å². The molecule has 1 aromatic rings. The summed E-state index contributed by atoms with van der Waals surface area (Å²) in [6, 6.07) is 3.46. The van der Waals surface area contributed by atoms with Crippen LogP contribution in [0.3, 0.4) is 0 Å². The third-order valence-electron chi connectivity index (χ3n) is 3.16. The van der Waals surface area contributed by atoms with Crippen LogP contribution in [0.4, 0.5) is 0 Å². The zero-order valence-electron chi connectivity index (χ0n) is 11.5. The molecular formula is C14H19NO4S. The molecule has 5 nitrogen and oxygen atoms in total. The van der Waals surface area contributed by atoms with E-state index in [1.807, 2.05) is 6.92 Å². The molecule has 0 aromatic carbocycles. The molecule has 0 saturated carbocycles. The third-order valence-corrected chi connectivity index (χ3v) is 4.01. The number of esters is 1. The van der Waals surface area contributed by atoms with E-state index in [1.165, 1.54) is 11.3 Å². The highest BCUT2D eigenvalue weighted by atomic mass is 32.1. The van der Waals surface area contributed by atoms with Crippen LogP contribution in [0.5, 0.6) is 0 Å². The van der Waals surface area contributed by atoms with Crippen molar-refractivity contribution in [2.24, 2.45) is 0 Å². The van der Waals surface area contributed by atoms with Gasteiger partial charge in [-0.05, 0) is 30.7 Å². The van der Waals surface area contributed by atoms with Gasteiger partial charge in [-0.3, -0.25) is 4.79 Å². The van der Waals surface area contributed by atoms with Gasteiger partial charge < -0.3 is 14.8 Å². The standard InChI is InChI=1S/C14H19NO4S/c1-2-11(19-14(17)12-6-4-8-20-12)13(16)15-9-10-5-3-7-18-10/h4,6,8,10-11H,2-3,5,7,9H2,1H3,(H,15,16)/t10-,11-/m1/s1. The van der Waals surface area contributed by atoms with E-state index in [4.69, 9.17) is 9.47 Å². The van der Waals surface area contributed by atoms with Crippen LogP contribution in [-0.2, 0) is 14.3 Å². The van der Waals surface area contributed by atoms with Crippen LogP contribution in [0, 0.1) is 0 Å². The molecule has 1 fully saturated rings. The van der Waals surface area contributed by atoms with Gasteiger partial charge >= 0.3 is 5.97 Å². The molecule has 2 atom stereocenters. The number of hydrogen-bond donors (Lipinski definition) is 1. The highest BCUT2D eigenvalue weighted by Gasteiger charge is 2.24. The van der Waals surface area contributed by atoms with Gasteiger partial charge in [0, 0.05) is 13.2 Å². The number of ether oxygens (including phenoxy) is 2. The van der Waals surface area contributed by atoms with E-state index in [2.05, 4.69) is 5.32 Å². The van der Waals surface area contributed by atoms with Gasteiger partial charge in [0.25, 0.3) is 5.91 Å². The number of amides is 1. The summed E-state index contributed by atoms with van der Waals surface area (Å²) in [5.74, 6) is -0.702. The van der Waals surface area contributed by atoms with E-state index in [0.717, 1.165) is 19.4 Å². The lowest BCUT2D eigenvalue weighted by Crippen LogP contribution is -2.40. The highest BCUT2D eigenvalue weighted by Crippen LogP contribution is 2.13. The van der Waals surface area contributed by atoms with E-state index < -0.39 is 12.1 Å². The maximum absolute atomic E-state index is 12.0. The Morgan fingerprint density at radius 1 is 1.60 bits per heavy atom.